The van der Waals surface area contributed by atoms with E-state index in [4.69, 9.17) is 4.74 Å². The fourth-order valence-electron chi connectivity index (χ4n) is 2.11. The summed E-state index contributed by atoms with van der Waals surface area (Å²) in [6.45, 7) is 10.3. The fraction of sp³-hybridized carbons (Fsp3) is 0.389. The van der Waals surface area contributed by atoms with Gasteiger partial charge in [0.1, 0.15) is 11.5 Å². The average Bonchev–Trinajstić information content (AvgIpc) is 2.48. The van der Waals surface area contributed by atoms with Crippen molar-refractivity contribution >= 4 is 0 Å². The second kappa shape index (κ2) is 7.23. The zero-order valence-corrected chi connectivity index (χ0v) is 13.3. The molecule has 0 aliphatic rings. The topological polar surface area (TPSA) is 34.2 Å². The molecule has 112 valence electrons. The molecular weight excluding hydrogens is 260 g/mol. The minimum Gasteiger partial charge on any atom is -0.455 e. The first kappa shape index (κ1) is 15.5. The molecule has 1 heterocycles. The Balaban J connectivity index is 2.27. The van der Waals surface area contributed by atoms with Crippen LogP contribution in [0.25, 0.3) is 0 Å². The quantitative estimate of drug-likeness (QED) is 0.853. The maximum absolute atomic E-state index is 6.13. The molecule has 1 N–H and O–H groups in total. The van der Waals surface area contributed by atoms with Crippen molar-refractivity contribution in [3.63, 3.8) is 0 Å². The lowest BCUT2D eigenvalue weighted by Crippen LogP contribution is -2.12. The summed E-state index contributed by atoms with van der Waals surface area (Å²) in [4.78, 5) is 4.18. The SMILES string of the molecule is CCNCc1ccncc1Oc1cc(C(C)C)ccc1C. The van der Waals surface area contributed by atoms with Crippen molar-refractivity contribution in [1.82, 2.24) is 10.3 Å². The van der Waals surface area contributed by atoms with Crippen molar-refractivity contribution in [3.8, 4) is 11.5 Å². The van der Waals surface area contributed by atoms with Crippen LogP contribution in [-0.2, 0) is 6.54 Å². The molecular formula is C18H24N2O. The van der Waals surface area contributed by atoms with Gasteiger partial charge in [0.05, 0.1) is 6.20 Å². The molecule has 3 heteroatoms. The van der Waals surface area contributed by atoms with Crippen LogP contribution < -0.4 is 10.1 Å². The summed E-state index contributed by atoms with van der Waals surface area (Å²) in [5, 5.41) is 3.33. The van der Waals surface area contributed by atoms with E-state index in [2.05, 4.69) is 56.2 Å². The molecule has 0 radical (unpaired) electrons. The zero-order chi connectivity index (χ0) is 15.2. The van der Waals surface area contributed by atoms with Crippen LogP contribution in [0.15, 0.2) is 36.7 Å². The smallest absolute Gasteiger partial charge is 0.150 e. The Morgan fingerprint density at radius 1 is 1.19 bits per heavy atom. The molecule has 0 saturated carbocycles. The molecule has 0 aliphatic carbocycles. The van der Waals surface area contributed by atoms with Crippen LogP contribution in [0.4, 0.5) is 0 Å². The monoisotopic (exact) mass is 284 g/mol. The summed E-state index contributed by atoms with van der Waals surface area (Å²) in [6.07, 6.45) is 3.59. The molecule has 0 atom stereocenters. The third-order valence-corrected chi connectivity index (χ3v) is 3.53. The van der Waals surface area contributed by atoms with Gasteiger partial charge in [-0.05, 0) is 42.6 Å². The van der Waals surface area contributed by atoms with Crippen molar-refractivity contribution in [2.45, 2.75) is 40.2 Å². The van der Waals surface area contributed by atoms with Crippen LogP contribution in [0.1, 0.15) is 43.4 Å². The number of nitrogens with zero attached hydrogens (tertiary/aromatic N) is 1. The van der Waals surface area contributed by atoms with E-state index in [0.29, 0.717) is 5.92 Å². The van der Waals surface area contributed by atoms with E-state index in [1.54, 1.807) is 12.4 Å². The van der Waals surface area contributed by atoms with Gasteiger partial charge < -0.3 is 10.1 Å². The predicted octanol–water partition coefficient (Wildman–Crippen LogP) is 4.42. The van der Waals surface area contributed by atoms with Crippen molar-refractivity contribution in [2.24, 2.45) is 0 Å². The number of rotatable bonds is 6. The average molecular weight is 284 g/mol. The summed E-state index contributed by atoms with van der Waals surface area (Å²) < 4.78 is 6.13. The van der Waals surface area contributed by atoms with E-state index >= 15 is 0 Å². The Kier molecular flexibility index (Phi) is 5.34. The van der Waals surface area contributed by atoms with E-state index in [9.17, 15) is 0 Å². The Hall–Kier alpha value is -1.87. The van der Waals surface area contributed by atoms with Crippen molar-refractivity contribution in [1.29, 1.82) is 0 Å². The first-order chi connectivity index (χ1) is 10.1. The van der Waals surface area contributed by atoms with Crippen LogP contribution in [0.2, 0.25) is 0 Å². The Morgan fingerprint density at radius 3 is 2.71 bits per heavy atom. The van der Waals surface area contributed by atoms with Gasteiger partial charge in [0.25, 0.3) is 0 Å². The molecule has 0 amide bonds. The fourth-order valence-corrected chi connectivity index (χ4v) is 2.11. The van der Waals surface area contributed by atoms with Crippen LogP contribution in [0.3, 0.4) is 0 Å². The highest BCUT2D eigenvalue weighted by atomic mass is 16.5. The van der Waals surface area contributed by atoms with Crippen molar-refractivity contribution < 1.29 is 4.74 Å². The normalized spacial score (nSPS) is 10.9. The standard InChI is InChI=1S/C18H24N2O/c1-5-19-11-16-8-9-20-12-18(16)21-17-10-15(13(2)3)7-6-14(17)4/h6-10,12-13,19H,5,11H2,1-4H3. The van der Waals surface area contributed by atoms with Crippen molar-refractivity contribution in [2.75, 3.05) is 6.54 Å². The first-order valence-corrected chi connectivity index (χ1v) is 7.53. The van der Waals surface area contributed by atoms with Crippen LogP contribution in [0.5, 0.6) is 11.5 Å². The van der Waals surface area contributed by atoms with Crippen molar-refractivity contribution in [3.05, 3.63) is 53.3 Å². The van der Waals surface area contributed by atoms with E-state index in [-0.39, 0.29) is 0 Å². The molecule has 1 aromatic heterocycles. The zero-order valence-electron chi connectivity index (χ0n) is 13.3. The highest BCUT2D eigenvalue weighted by molar-refractivity contribution is 5.42. The maximum atomic E-state index is 6.13. The molecule has 0 spiro atoms. The Bertz CT molecular complexity index is 594. The largest absolute Gasteiger partial charge is 0.455 e. The lowest BCUT2D eigenvalue weighted by Gasteiger charge is -2.15. The Morgan fingerprint density at radius 2 is 2.00 bits per heavy atom. The van der Waals surface area contributed by atoms with E-state index < -0.39 is 0 Å². The van der Waals surface area contributed by atoms with E-state index in [1.807, 2.05) is 6.07 Å². The number of ether oxygens (including phenoxy) is 1. The van der Waals surface area contributed by atoms with Gasteiger partial charge in [-0.2, -0.15) is 0 Å². The molecule has 0 saturated heterocycles. The lowest BCUT2D eigenvalue weighted by molar-refractivity contribution is 0.466. The number of hydrogen-bond donors (Lipinski definition) is 1. The van der Waals surface area contributed by atoms with E-state index in [0.717, 1.165) is 35.7 Å². The second-order valence-electron chi connectivity index (χ2n) is 5.55. The van der Waals surface area contributed by atoms with Gasteiger partial charge in [0.15, 0.2) is 0 Å². The lowest BCUT2D eigenvalue weighted by atomic mass is 10.0. The minimum absolute atomic E-state index is 0.489. The highest BCUT2D eigenvalue weighted by Gasteiger charge is 2.09. The number of aromatic nitrogens is 1. The summed E-state index contributed by atoms with van der Waals surface area (Å²) >= 11 is 0. The molecule has 2 rings (SSSR count). The van der Waals surface area contributed by atoms with Crippen LogP contribution in [0, 0.1) is 6.92 Å². The van der Waals surface area contributed by atoms with Gasteiger partial charge in [-0.25, -0.2) is 0 Å². The molecule has 2 aromatic rings. The molecule has 0 aliphatic heterocycles. The number of nitrogens with one attached hydrogen (secondary N) is 1. The third kappa shape index (κ3) is 4.05. The van der Waals surface area contributed by atoms with Gasteiger partial charge in [-0.1, -0.05) is 32.9 Å². The molecule has 1 aromatic carbocycles. The van der Waals surface area contributed by atoms with Gasteiger partial charge in [-0.3, -0.25) is 4.98 Å². The van der Waals surface area contributed by atoms with E-state index in [1.165, 1.54) is 5.56 Å². The first-order valence-electron chi connectivity index (χ1n) is 7.53. The summed E-state index contributed by atoms with van der Waals surface area (Å²) in [5.41, 5.74) is 3.55. The number of hydrogen-bond acceptors (Lipinski definition) is 3. The highest BCUT2D eigenvalue weighted by Crippen LogP contribution is 2.30. The van der Waals surface area contributed by atoms with Gasteiger partial charge in [0, 0.05) is 18.3 Å². The number of aryl methyl sites for hydroxylation is 1. The second-order valence-corrected chi connectivity index (χ2v) is 5.55. The molecule has 0 unspecified atom stereocenters. The van der Waals surface area contributed by atoms with Gasteiger partial charge >= 0.3 is 0 Å². The molecule has 3 nitrogen and oxygen atoms in total. The molecule has 0 fully saturated rings. The minimum atomic E-state index is 0.489. The van der Waals surface area contributed by atoms with Gasteiger partial charge in [0.2, 0.25) is 0 Å². The van der Waals surface area contributed by atoms with Crippen LogP contribution >= 0.6 is 0 Å². The summed E-state index contributed by atoms with van der Waals surface area (Å²) in [7, 11) is 0. The predicted molar refractivity (Wildman–Crippen MR) is 87.0 cm³/mol. The van der Waals surface area contributed by atoms with Crippen LogP contribution in [-0.4, -0.2) is 11.5 Å². The summed E-state index contributed by atoms with van der Waals surface area (Å²) in [6, 6.07) is 8.41. The third-order valence-electron chi connectivity index (χ3n) is 3.53. The number of benzene rings is 1. The Labute approximate surface area is 127 Å². The van der Waals surface area contributed by atoms with Gasteiger partial charge in [-0.15, -0.1) is 0 Å². The molecule has 21 heavy (non-hydrogen) atoms. The summed E-state index contributed by atoms with van der Waals surface area (Å²) in [5.74, 6) is 2.22. The maximum Gasteiger partial charge on any atom is 0.150 e. The molecule has 0 bridgehead atoms. The number of pyridine rings is 1.